The van der Waals surface area contributed by atoms with E-state index in [1.165, 1.54) is 4.90 Å². The van der Waals surface area contributed by atoms with Crippen molar-refractivity contribution in [2.75, 3.05) is 17.8 Å². The summed E-state index contributed by atoms with van der Waals surface area (Å²) >= 11 is -1.99. The van der Waals surface area contributed by atoms with E-state index in [1.807, 2.05) is 37.3 Å². The van der Waals surface area contributed by atoms with Gasteiger partial charge in [-0.05, 0) is 19.1 Å². The lowest BCUT2D eigenvalue weighted by Gasteiger charge is -2.14. The first kappa shape index (κ1) is 14.5. The number of hydrogen-bond acceptors (Lipinski definition) is 3. The van der Waals surface area contributed by atoms with Crippen LogP contribution < -0.4 is 10.5 Å². The minimum Gasteiger partial charge on any atom is -0.355 e. The van der Waals surface area contributed by atoms with Gasteiger partial charge in [-0.1, -0.05) is 18.2 Å². The van der Waals surface area contributed by atoms with Crippen molar-refractivity contribution < 1.29 is 8.76 Å². The Balaban J connectivity index is 2.58. The van der Waals surface area contributed by atoms with Crippen LogP contribution in [0.2, 0.25) is 0 Å². The van der Waals surface area contributed by atoms with Crippen LogP contribution in [-0.4, -0.2) is 31.0 Å². The summed E-state index contributed by atoms with van der Waals surface area (Å²) < 4.78 is 23.2. The third-order valence-electron chi connectivity index (χ3n) is 3.21. The molecule has 0 spiro atoms. The fourth-order valence-electron chi connectivity index (χ4n) is 2.22. The Kier molecular flexibility index (Phi) is 4.10. The molecule has 0 aliphatic carbocycles. The summed E-state index contributed by atoms with van der Waals surface area (Å²) in [4.78, 5) is 14.1. The molecule has 0 aliphatic heterocycles. The predicted molar refractivity (Wildman–Crippen MR) is 79.8 cm³/mol. The molecule has 2 aromatic rings. The van der Waals surface area contributed by atoms with Crippen LogP contribution >= 0.6 is 0 Å². The van der Waals surface area contributed by atoms with Gasteiger partial charge < -0.3 is 9.45 Å². The molecule has 0 fully saturated rings. The van der Waals surface area contributed by atoms with E-state index in [1.54, 1.807) is 23.5 Å². The molecule has 0 radical (unpaired) electrons. The van der Waals surface area contributed by atoms with E-state index in [-0.39, 0.29) is 11.4 Å². The second-order valence-electron chi connectivity index (χ2n) is 4.56. The molecule has 0 bridgehead atoms. The van der Waals surface area contributed by atoms with Crippen LogP contribution in [0.15, 0.2) is 35.1 Å². The molecule has 0 saturated heterocycles. The minimum absolute atomic E-state index is 0.102. The van der Waals surface area contributed by atoms with E-state index in [0.717, 1.165) is 11.4 Å². The number of rotatable bonds is 4. The molecule has 0 amide bonds. The summed E-state index contributed by atoms with van der Waals surface area (Å²) in [6, 6.07) is 9.28. The Bertz CT molecular complexity index is 691. The van der Waals surface area contributed by atoms with E-state index >= 15 is 0 Å². The van der Waals surface area contributed by atoms with Gasteiger partial charge in [-0.2, -0.15) is 0 Å². The van der Waals surface area contributed by atoms with Gasteiger partial charge in [0.05, 0.1) is 11.4 Å². The minimum atomic E-state index is -1.99. The van der Waals surface area contributed by atoms with E-state index in [2.05, 4.69) is 0 Å². The third kappa shape index (κ3) is 2.54. The van der Waals surface area contributed by atoms with Crippen LogP contribution in [0.25, 0.3) is 5.69 Å². The summed E-state index contributed by atoms with van der Waals surface area (Å²) in [5.41, 5.74) is 1.72. The Morgan fingerprint density at radius 1 is 1.30 bits per heavy atom. The quantitative estimate of drug-likeness (QED) is 0.858. The van der Waals surface area contributed by atoms with E-state index in [9.17, 15) is 9.00 Å². The molecule has 1 aromatic carbocycles. The van der Waals surface area contributed by atoms with Crippen LogP contribution in [0, 0.1) is 6.92 Å². The molecular formula is C13H17N3O3S. The van der Waals surface area contributed by atoms with Crippen molar-refractivity contribution in [2.24, 2.45) is 7.05 Å². The van der Waals surface area contributed by atoms with Gasteiger partial charge in [0.1, 0.15) is 11.6 Å². The second-order valence-corrected chi connectivity index (χ2v) is 5.46. The number of nitrogens with zero attached hydrogens (tertiary/aromatic N) is 3. The predicted octanol–water partition coefficient (Wildman–Crippen LogP) is 1.10. The highest BCUT2D eigenvalue weighted by Gasteiger charge is 2.19. The Morgan fingerprint density at radius 3 is 2.45 bits per heavy atom. The van der Waals surface area contributed by atoms with Crippen molar-refractivity contribution in [3.63, 3.8) is 0 Å². The standard InChI is InChI=1S/C13H17N3O3S/c1-10-12(14(2)9-20(18)19)13(17)16(15(10)3)11-7-5-4-6-8-11/h4-8H,9H2,1-3H3,(H,18,19). The van der Waals surface area contributed by atoms with Crippen molar-refractivity contribution >= 4 is 16.8 Å². The van der Waals surface area contributed by atoms with E-state index < -0.39 is 11.1 Å². The summed E-state index contributed by atoms with van der Waals surface area (Å²) in [5.74, 6) is -0.102. The van der Waals surface area contributed by atoms with Gasteiger partial charge in [0.2, 0.25) is 0 Å². The van der Waals surface area contributed by atoms with Gasteiger partial charge in [-0.3, -0.25) is 9.48 Å². The van der Waals surface area contributed by atoms with Crippen molar-refractivity contribution in [1.29, 1.82) is 0 Å². The van der Waals surface area contributed by atoms with E-state index in [4.69, 9.17) is 4.55 Å². The smallest absolute Gasteiger partial charge is 0.295 e. The molecule has 1 aromatic heterocycles. The summed E-state index contributed by atoms with van der Waals surface area (Å²) in [6.07, 6.45) is 0. The van der Waals surface area contributed by atoms with Gasteiger partial charge in [0, 0.05) is 14.1 Å². The average Bonchev–Trinajstić information content (AvgIpc) is 2.60. The first-order valence-corrected chi connectivity index (χ1v) is 7.33. The normalized spacial score (nSPS) is 12.4. The zero-order valence-corrected chi connectivity index (χ0v) is 12.4. The zero-order valence-electron chi connectivity index (χ0n) is 11.6. The zero-order chi connectivity index (χ0) is 14.9. The maximum Gasteiger partial charge on any atom is 0.295 e. The highest BCUT2D eigenvalue weighted by molar-refractivity contribution is 7.79. The number of para-hydroxylation sites is 1. The second kappa shape index (κ2) is 5.64. The van der Waals surface area contributed by atoms with E-state index in [0.29, 0.717) is 5.69 Å². The van der Waals surface area contributed by atoms with Gasteiger partial charge in [-0.25, -0.2) is 8.89 Å². The van der Waals surface area contributed by atoms with Crippen molar-refractivity contribution in [3.05, 3.63) is 46.4 Å². The summed E-state index contributed by atoms with van der Waals surface area (Å²) in [6.45, 7) is 1.81. The van der Waals surface area contributed by atoms with Crippen molar-refractivity contribution in [2.45, 2.75) is 6.92 Å². The molecule has 0 aliphatic rings. The SMILES string of the molecule is Cc1c(N(C)CS(=O)O)c(=O)n(-c2ccccc2)n1C. The fraction of sp³-hybridized carbons (Fsp3) is 0.308. The molecule has 6 nitrogen and oxygen atoms in total. The lowest BCUT2D eigenvalue weighted by atomic mass is 10.3. The first-order valence-electron chi connectivity index (χ1n) is 6.06. The lowest BCUT2D eigenvalue weighted by molar-refractivity contribution is 0.563. The fourth-order valence-corrected chi connectivity index (χ4v) is 2.68. The summed E-state index contributed by atoms with van der Waals surface area (Å²) in [5, 5.41) is 0. The maximum absolute atomic E-state index is 12.6. The highest BCUT2D eigenvalue weighted by Crippen LogP contribution is 2.17. The molecule has 7 heteroatoms. The highest BCUT2D eigenvalue weighted by atomic mass is 32.2. The molecule has 2 rings (SSSR count). The Hall–Kier alpha value is -1.86. The number of benzene rings is 1. The number of aromatic nitrogens is 2. The van der Waals surface area contributed by atoms with Crippen LogP contribution in [0.3, 0.4) is 0 Å². The average molecular weight is 295 g/mol. The Labute approximate surface area is 119 Å². The van der Waals surface area contributed by atoms with Gasteiger partial charge in [-0.15, -0.1) is 0 Å². The van der Waals surface area contributed by atoms with Crippen molar-refractivity contribution in [3.8, 4) is 5.69 Å². The number of hydrogen-bond donors (Lipinski definition) is 1. The molecule has 1 heterocycles. The van der Waals surface area contributed by atoms with Crippen LogP contribution in [-0.2, 0) is 18.1 Å². The van der Waals surface area contributed by atoms with Gasteiger partial charge >= 0.3 is 0 Å². The number of anilines is 1. The molecule has 1 N–H and O–H groups in total. The molecular weight excluding hydrogens is 278 g/mol. The molecule has 1 unspecified atom stereocenters. The first-order chi connectivity index (χ1) is 9.43. The topological polar surface area (TPSA) is 67.5 Å². The maximum atomic E-state index is 12.6. The largest absolute Gasteiger partial charge is 0.355 e. The third-order valence-corrected chi connectivity index (χ3v) is 3.82. The molecule has 0 saturated carbocycles. The molecule has 1 atom stereocenters. The van der Waals surface area contributed by atoms with Gasteiger partial charge in [0.15, 0.2) is 11.1 Å². The van der Waals surface area contributed by atoms with Crippen LogP contribution in [0.1, 0.15) is 5.69 Å². The molecule has 108 valence electrons. The Morgan fingerprint density at radius 2 is 1.90 bits per heavy atom. The van der Waals surface area contributed by atoms with Gasteiger partial charge in [0.25, 0.3) is 5.56 Å². The van der Waals surface area contributed by atoms with Crippen molar-refractivity contribution in [1.82, 2.24) is 9.36 Å². The molecule has 20 heavy (non-hydrogen) atoms. The van der Waals surface area contributed by atoms with Crippen LogP contribution in [0.5, 0.6) is 0 Å². The summed E-state index contributed by atoms with van der Waals surface area (Å²) in [7, 11) is 3.42. The van der Waals surface area contributed by atoms with Crippen LogP contribution in [0.4, 0.5) is 5.69 Å². The monoisotopic (exact) mass is 295 g/mol. The lowest BCUT2D eigenvalue weighted by Crippen LogP contribution is -2.28.